The topological polar surface area (TPSA) is 181 Å². The van der Waals surface area contributed by atoms with Crippen LogP contribution in [0.5, 0.6) is 0 Å². The van der Waals surface area contributed by atoms with Crippen LogP contribution >= 0.6 is 0 Å². The molecule has 0 aliphatic heterocycles. The molecule has 21 heavy (non-hydrogen) atoms. The van der Waals surface area contributed by atoms with Gasteiger partial charge in [-0.3, -0.25) is 0 Å². The number of aliphatic hydroxyl groups is 1. The van der Waals surface area contributed by atoms with Crippen LogP contribution in [-0.2, 0) is 19.2 Å². The van der Waals surface area contributed by atoms with Gasteiger partial charge in [-0.1, -0.05) is 0 Å². The van der Waals surface area contributed by atoms with Gasteiger partial charge < -0.3 is 44.7 Å². The molecule has 0 amide bonds. The summed E-state index contributed by atoms with van der Waals surface area (Å²) >= 11 is 0. The molecule has 0 spiro atoms. The summed E-state index contributed by atoms with van der Waals surface area (Å²) in [6.07, 6.45) is -3.10. The summed E-state index contributed by atoms with van der Waals surface area (Å²) in [7, 11) is 0. The predicted octanol–water partition coefficient (Wildman–Crippen LogP) is -18.9. The Bertz CT molecular complexity index is 375. The van der Waals surface area contributed by atoms with Gasteiger partial charge in [0.05, 0.1) is 5.97 Å². The molecule has 0 aliphatic rings. The molecule has 0 aliphatic carbocycles. The quantitative estimate of drug-likeness (QED) is 0.441. The SMILES string of the molecule is O=C([O-])CC(C(=O)[O-])C(O)(CC(=O)[O-])C(=O)[O-].[Na+].[Na+].[Na+].[Na+]. The molecule has 0 saturated carbocycles. The number of rotatable bonds is 7. The second kappa shape index (κ2) is 15.4. The van der Waals surface area contributed by atoms with Crippen LogP contribution in [0.25, 0.3) is 0 Å². The fourth-order valence-electron chi connectivity index (χ4n) is 1.17. The maximum absolute atomic E-state index is 10.5. The first-order valence-electron chi connectivity index (χ1n) is 4.15. The van der Waals surface area contributed by atoms with Crippen LogP contribution in [0.4, 0.5) is 0 Å². The Balaban J connectivity index is -0.000000213. The minimum atomic E-state index is -3.45. The molecule has 2 unspecified atom stereocenters. The number of aliphatic carboxylic acids is 4. The van der Waals surface area contributed by atoms with Gasteiger partial charge in [0.1, 0.15) is 5.60 Å². The van der Waals surface area contributed by atoms with Crippen molar-refractivity contribution in [1.29, 1.82) is 0 Å². The summed E-state index contributed by atoms with van der Waals surface area (Å²) in [6, 6.07) is 0. The number of carboxylic acids is 4. The van der Waals surface area contributed by atoms with Crippen molar-refractivity contribution in [2.75, 3.05) is 0 Å². The minimum absolute atomic E-state index is 0. The zero-order chi connectivity index (χ0) is 13.8. The van der Waals surface area contributed by atoms with Crippen molar-refractivity contribution in [2.24, 2.45) is 5.92 Å². The van der Waals surface area contributed by atoms with E-state index in [-0.39, 0.29) is 118 Å². The van der Waals surface area contributed by atoms with Crippen molar-refractivity contribution in [3.05, 3.63) is 0 Å². The zero-order valence-corrected chi connectivity index (χ0v) is 20.2. The molecule has 0 saturated heterocycles. The Labute approximate surface area is 208 Å². The summed E-state index contributed by atoms with van der Waals surface area (Å²) in [5.74, 6) is -11.4. The van der Waals surface area contributed by atoms with Crippen molar-refractivity contribution in [3.63, 3.8) is 0 Å². The van der Waals surface area contributed by atoms with Crippen LogP contribution in [-0.4, -0.2) is 34.6 Å². The Kier molecular flexibility index (Phi) is 25.1. The van der Waals surface area contributed by atoms with Gasteiger partial charge in [0, 0.05) is 30.2 Å². The van der Waals surface area contributed by atoms with E-state index in [1.807, 2.05) is 0 Å². The Morgan fingerprint density at radius 1 is 0.857 bits per heavy atom. The molecule has 0 bridgehead atoms. The maximum atomic E-state index is 10.5. The standard InChI is InChI=1S/C8H10O9.4Na/c9-4(10)1-3(6(13)14)8(17,7(15)16)2-5(11)12;;;;/h3,17H,1-2H2,(H,9,10)(H,11,12)(H,13,14)(H,15,16);;;;/q;4*+1/p-4. The van der Waals surface area contributed by atoms with Gasteiger partial charge in [0.25, 0.3) is 0 Å². The molecule has 0 radical (unpaired) electrons. The maximum Gasteiger partial charge on any atom is 1.00 e. The molecule has 1 N–H and O–H groups in total. The smallest absolute Gasteiger partial charge is 0.550 e. The van der Waals surface area contributed by atoms with Gasteiger partial charge in [-0.2, -0.15) is 0 Å². The van der Waals surface area contributed by atoms with E-state index in [2.05, 4.69) is 0 Å². The van der Waals surface area contributed by atoms with E-state index in [0.717, 1.165) is 0 Å². The second-order valence-electron chi connectivity index (χ2n) is 3.21. The van der Waals surface area contributed by atoms with E-state index < -0.39 is 48.2 Å². The van der Waals surface area contributed by atoms with Crippen molar-refractivity contribution in [2.45, 2.75) is 18.4 Å². The second-order valence-corrected chi connectivity index (χ2v) is 3.21. The zero-order valence-electron chi connectivity index (χ0n) is 12.2. The van der Waals surface area contributed by atoms with Crippen molar-refractivity contribution in [1.82, 2.24) is 0 Å². The third kappa shape index (κ3) is 11.9. The molecule has 0 aromatic rings. The van der Waals surface area contributed by atoms with Gasteiger partial charge in [-0.25, -0.2) is 0 Å². The molecule has 13 heteroatoms. The van der Waals surface area contributed by atoms with Gasteiger partial charge in [-0.15, -0.1) is 0 Å². The van der Waals surface area contributed by atoms with E-state index in [4.69, 9.17) is 0 Å². The number of carboxylic acid groups (broad SMARTS) is 4. The van der Waals surface area contributed by atoms with Gasteiger partial charge in [0.15, 0.2) is 0 Å². The van der Waals surface area contributed by atoms with Crippen LogP contribution in [0.2, 0.25) is 0 Å². The number of carbonyl (C=O) groups is 4. The molecule has 0 aromatic carbocycles. The first-order valence-corrected chi connectivity index (χ1v) is 4.15. The van der Waals surface area contributed by atoms with E-state index in [1.165, 1.54) is 0 Å². The van der Waals surface area contributed by atoms with Crippen LogP contribution in [0.3, 0.4) is 0 Å². The molecule has 0 rings (SSSR count). The van der Waals surface area contributed by atoms with Crippen molar-refractivity contribution >= 4 is 23.9 Å². The molecule has 0 aromatic heterocycles. The third-order valence-corrected chi connectivity index (χ3v) is 2.00. The fourth-order valence-corrected chi connectivity index (χ4v) is 1.17. The largest absolute Gasteiger partial charge is 1.00 e. The Hall–Kier alpha value is 1.84. The van der Waals surface area contributed by atoms with E-state index in [1.54, 1.807) is 0 Å². The number of hydrogen-bond acceptors (Lipinski definition) is 9. The van der Waals surface area contributed by atoms with Crippen LogP contribution in [0.1, 0.15) is 12.8 Å². The van der Waals surface area contributed by atoms with Crippen molar-refractivity contribution < 1.29 is 163 Å². The number of hydrogen-bond donors (Lipinski definition) is 1. The average molecular weight is 338 g/mol. The summed E-state index contributed by atoms with van der Waals surface area (Å²) in [4.78, 5) is 41.4. The number of carbonyl (C=O) groups excluding carboxylic acids is 4. The summed E-state index contributed by atoms with van der Waals surface area (Å²) in [6.45, 7) is 0. The summed E-state index contributed by atoms with van der Waals surface area (Å²) < 4.78 is 0. The predicted molar refractivity (Wildman–Crippen MR) is 37.7 cm³/mol. The average Bonchev–Trinajstić information content (AvgIpc) is 2.11. The fraction of sp³-hybridized carbons (Fsp3) is 0.500. The van der Waals surface area contributed by atoms with Crippen LogP contribution < -0.4 is 139 Å². The molecule has 0 fully saturated rings. The summed E-state index contributed by atoms with van der Waals surface area (Å²) in [5.41, 5.74) is -3.45. The van der Waals surface area contributed by atoms with Crippen LogP contribution in [0, 0.1) is 5.92 Å². The van der Waals surface area contributed by atoms with Crippen molar-refractivity contribution in [3.8, 4) is 0 Å². The van der Waals surface area contributed by atoms with E-state index in [9.17, 15) is 44.7 Å². The molecule has 2 atom stereocenters. The molecule has 9 nitrogen and oxygen atoms in total. The van der Waals surface area contributed by atoms with Gasteiger partial charge >= 0.3 is 118 Å². The monoisotopic (exact) mass is 338 g/mol. The minimum Gasteiger partial charge on any atom is -0.550 e. The van der Waals surface area contributed by atoms with Crippen LogP contribution in [0.15, 0.2) is 0 Å². The Morgan fingerprint density at radius 2 is 1.24 bits per heavy atom. The van der Waals surface area contributed by atoms with E-state index in [0.29, 0.717) is 0 Å². The molecular formula is C8H6Na4O9. The Morgan fingerprint density at radius 3 is 1.43 bits per heavy atom. The normalized spacial score (nSPS) is 12.6. The first-order chi connectivity index (χ1) is 7.61. The molecular weight excluding hydrogens is 332 g/mol. The summed E-state index contributed by atoms with van der Waals surface area (Å²) in [5, 5.41) is 50.7. The third-order valence-electron chi connectivity index (χ3n) is 2.00. The molecule has 96 valence electrons. The van der Waals surface area contributed by atoms with Gasteiger partial charge in [-0.05, 0) is 6.42 Å². The van der Waals surface area contributed by atoms with E-state index >= 15 is 0 Å². The van der Waals surface area contributed by atoms with Gasteiger partial charge in [0.2, 0.25) is 0 Å². The molecule has 0 heterocycles. The first kappa shape index (κ1) is 34.2.